The molecular weight excluding hydrogens is 213 g/mol. The van der Waals surface area contributed by atoms with Crippen LogP contribution >= 0.6 is 7.82 Å². The van der Waals surface area contributed by atoms with Crippen molar-refractivity contribution in [2.24, 2.45) is 5.73 Å². The molecule has 14 heavy (non-hydrogen) atoms. The van der Waals surface area contributed by atoms with Crippen LogP contribution in [0.2, 0.25) is 0 Å². The van der Waals surface area contributed by atoms with E-state index < -0.39 is 32.5 Å². The average Bonchev–Trinajstić information content (AvgIpc) is 1.97. The van der Waals surface area contributed by atoms with Crippen molar-refractivity contribution in [2.75, 3.05) is 6.61 Å². The number of aliphatic carboxylic acids is 1. The summed E-state index contributed by atoms with van der Waals surface area (Å²) in [5.41, 5.74) is 5.04. The first-order valence-electron chi connectivity index (χ1n) is 3.88. The summed E-state index contributed by atoms with van der Waals surface area (Å²) >= 11 is 0. The van der Waals surface area contributed by atoms with Crippen LogP contribution in [0.3, 0.4) is 0 Å². The van der Waals surface area contributed by atoms with E-state index in [-0.39, 0.29) is 0 Å². The Labute approximate surface area is 81.4 Å². The van der Waals surface area contributed by atoms with Gasteiger partial charge in [0, 0.05) is 0 Å². The fraction of sp³-hybridized carbons (Fsp3) is 0.833. The second-order valence-electron chi connectivity index (χ2n) is 2.86. The Morgan fingerprint density at radius 2 is 2.07 bits per heavy atom. The van der Waals surface area contributed by atoms with E-state index in [0.29, 0.717) is 0 Å². The highest BCUT2D eigenvalue weighted by Crippen LogP contribution is 2.44. The number of carbonyl (C=O) groups is 1. The molecule has 0 bridgehead atoms. The Morgan fingerprint density at radius 3 is 2.43 bits per heavy atom. The van der Waals surface area contributed by atoms with Crippen LogP contribution < -0.4 is 5.73 Å². The third kappa shape index (κ3) is 6.06. The minimum absolute atomic E-state index is 0.494. The highest BCUT2D eigenvalue weighted by atomic mass is 31.2. The van der Waals surface area contributed by atoms with Crippen LogP contribution in [-0.4, -0.2) is 34.7 Å². The fourth-order valence-electron chi connectivity index (χ4n) is 0.543. The van der Waals surface area contributed by atoms with Gasteiger partial charge >= 0.3 is 13.8 Å². The Morgan fingerprint density at radius 1 is 1.57 bits per heavy atom. The molecule has 8 heteroatoms. The lowest BCUT2D eigenvalue weighted by molar-refractivity contribution is -0.139. The number of carboxylic acids is 1. The quantitative estimate of drug-likeness (QED) is 0.543. The minimum Gasteiger partial charge on any atom is -0.480 e. The molecule has 0 saturated carbocycles. The van der Waals surface area contributed by atoms with E-state index in [1.165, 1.54) is 0 Å². The van der Waals surface area contributed by atoms with E-state index >= 15 is 0 Å². The lowest BCUT2D eigenvalue weighted by Gasteiger charge is -2.15. The van der Waals surface area contributed by atoms with Gasteiger partial charge < -0.3 is 15.7 Å². The Kier molecular flexibility index (Phi) is 5.25. The van der Waals surface area contributed by atoms with Crippen molar-refractivity contribution >= 4 is 13.8 Å². The summed E-state index contributed by atoms with van der Waals surface area (Å²) < 4.78 is 19.9. The average molecular weight is 227 g/mol. The number of carboxylic acid groups (broad SMARTS) is 1. The van der Waals surface area contributed by atoms with Crippen molar-refractivity contribution < 1.29 is 28.4 Å². The monoisotopic (exact) mass is 227 g/mol. The van der Waals surface area contributed by atoms with E-state index in [9.17, 15) is 9.36 Å². The lowest BCUT2D eigenvalue weighted by atomic mass is 10.3. The zero-order valence-electron chi connectivity index (χ0n) is 7.91. The van der Waals surface area contributed by atoms with Crippen molar-refractivity contribution in [2.45, 2.75) is 26.0 Å². The molecule has 0 aromatic rings. The van der Waals surface area contributed by atoms with Crippen molar-refractivity contribution in [1.82, 2.24) is 0 Å². The first kappa shape index (κ1) is 13.5. The number of rotatable bonds is 6. The van der Waals surface area contributed by atoms with Gasteiger partial charge in [-0.05, 0) is 13.8 Å². The van der Waals surface area contributed by atoms with E-state index in [2.05, 4.69) is 9.05 Å². The number of nitrogens with two attached hydrogens (primary N) is 1. The van der Waals surface area contributed by atoms with Gasteiger partial charge in [-0.2, -0.15) is 0 Å². The summed E-state index contributed by atoms with van der Waals surface area (Å²) in [5.74, 6) is -1.31. The van der Waals surface area contributed by atoms with Gasteiger partial charge in [0.05, 0.1) is 12.7 Å². The lowest BCUT2D eigenvalue weighted by Crippen LogP contribution is -2.34. The Bertz CT molecular complexity index is 242. The van der Waals surface area contributed by atoms with Crippen LogP contribution in [-0.2, 0) is 18.4 Å². The summed E-state index contributed by atoms with van der Waals surface area (Å²) in [7, 11) is -4.19. The minimum atomic E-state index is -4.19. The molecule has 0 aromatic heterocycles. The number of phosphoric ester groups is 1. The van der Waals surface area contributed by atoms with E-state index in [1.54, 1.807) is 13.8 Å². The molecule has 0 saturated heterocycles. The summed E-state index contributed by atoms with van der Waals surface area (Å²) in [6.07, 6.45) is -0.494. The molecule has 0 heterocycles. The molecule has 2 atom stereocenters. The Hall–Kier alpha value is -0.460. The van der Waals surface area contributed by atoms with Gasteiger partial charge in [0.1, 0.15) is 6.04 Å². The molecule has 0 aliphatic heterocycles. The molecular formula is C6H14NO6P. The second-order valence-corrected chi connectivity index (χ2v) is 4.27. The largest absolute Gasteiger partial charge is 0.480 e. The van der Waals surface area contributed by atoms with Crippen LogP contribution in [0.1, 0.15) is 13.8 Å². The molecule has 0 aliphatic carbocycles. The van der Waals surface area contributed by atoms with E-state index in [4.69, 9.17) is 15.7 Å². The third-order valence-corrected chi connectivity index (χ3v) is 2.24. The molecule has 0 aromatic carbocycles. The van der Waals surface area contributed by atoms with Crippen molar-refractivity contribution in [3.05, 3.63) is 0 Å². The topological polar surface area (TPSA) is 119 Å². The van der Waals surface area contributed by atoms with E-state index in [0.717, 1.165) is 0 Å². The van der Waals surface area contributed by atoms with Crippen molar-refractivity contribution in [3.63, 3.8) is 0 Å². The molecule has 0 fully saturated rings. The maximum Gasteiger partial charge on any atom is 0.472 e. The Balaban J connectivity index is 3.99. The van der Waals surface area contributed by atoms with Crippen LogP contribution in [0.4, 0.5) is 0 Å². The predicted octanol–water partition coefficient (Wildman–Crippen LogP) is -0.0597. The summed E-state index contributed by atoms with van der Waals surface area (Å²) in [5, 5.41) is 8.34. The van der Waals surface area contributed by atoms with Gasteiger partial charge in [-0.15, -0.1) is 0 Å². The molecule has 0 unspecified atom stereocenters. The number of hydrogen-bond donors (Lipinski definition) is 3. The van der Waals surface area contributed by atoms with Gasteiger partial charge in [-0.3, -0.25) is 13.8 Å². The first-order valence-corrected chi connectivity index (χ1v) is 5.38. The molecule has 0 spiro atoms. The highest BCUT2D eigenvalue weighted by molar-refractivity contribution is 7.47. The third-order valence-electron chi connectivity index (χ3n) is 1.08. The van der Waals surface area contributed by atoms with Crippen LogP contribution in [0.5, 0.6) is 0 Å². The van der Waals surface area contributed by atoms with Crippen LogP contribution in [0.15, 0.2) is 0 Å². The summed E-state index contributed by atoms with van der Waals surface area (Å²) in [6, 6.07) is -1.34. The predicted molar refractivity (Wildman–Crippen MR) is 47.6 cm³/mol. The maximum absolute atomic E-state index is 11.0. The van der Waals surface area contributed by atoms with Crippen molar-refractivity contribution in [1.29, 1.82) is 0 Å². The van der Waals surface area contributed by atoms with Gasteiger partial charge in [0.2, 0.25) is 0 Å². The summed E-state index contributed by atoms with van der Waals surface area (Å²) in [4.78, 5) is 19.2. The van der Waals surface area contributed by atoms with Gasteiger partial charge in [-0.1, -0.05) is 0 Å². The fourth-order valence-corrected chi connectivity index (χ4v) is 1.49. The molecule has 0 aliphatic rings. The SMILES string of the molecule is CC(C)O[P@@](=O)(O)OC[C@@H](N)C(=O)O. The van der Waals surface area contributed by atoms with Crippen molar-refractivity contribution in [3.8, 4) is 0 Å². The maximum atomic E-state index is 11.0. The van der Waals surface area contributed by atoms with Gasteiger partial charge in [-0.25, -0.2) is 4.57 Å². The highest BCUT2D eigenvalue weighted by Gasteiger charge is 2.25. The zero-order valence-corrected chi connectivity index (χ0v) is 8.81. The molecule has 7 nitrogen and oxygen atoms in total. The summed E-state index contributed by atoms with van der Waals surface area (Å²) in [6.45, 7) is 2.52. The molecule has 4 N–H and O–H groups in total. The second kappa shape index (κ2) is 5.43. The number of phosphoric acid groups is 1. The zero-order chi connectivity index (χ0) is 11.4. The smallest absolute Gasteiger partial charge is 0.472 e. The molecule has 0 amide bonds. The molecule has 0 rings (SSSR count). The van der Waals surface area contributed by atoms with Crippen LogP contribution in [0.25, 0.3) is 0 Å². The first-order chi connectivity index (χ1) is 6.24. The van der Waals surface area contributed by atoms with E-state index in [1.807, 2.05) is 0 Å². The van der Waals surface area contributed by atoms with Crippen LogP contribution in [0, 0.1) is 0 Å². The number of hydrogen-bond acceptors (Lipinski definition) is 5. The molecule has 84 valence electrons. The standard InChI is InChI=1S/C6H14NO6P/c1-4(2)13-14(10,11)12-3-5(7)6(8)9/h4-5H,3,7H2,1-2H3,(H,8,9)(H,10,11)/t5-/m1/s1. The van der Waals surface area contributed by atoms with Gasteiger partial charge in [0.25, 0.3) is 0 Å². The molecule has 0 radical (unpaired) electrons. The van der Waals surface area contributed by atoms with Gasteiger partial charge in [0.15, 0.2) is 0 Å². The normalized spacial score (nSPS) is 17.8.